The number of alkyl halides is 3. The Labute approximate surface area is 196 Å². The zero-order chi connectivity index (χ0) is 24.8. The molecule has 9 nitrogen and oxygen atoms in total. The normalized spacial score (nSPS) is 14.6. The Bertz CT molecular complexity index is 1420. The first kappa shape index (κ1) is 22.6. The van der Waals surface area contributed by atoms with E-state index in [1.54, 1.807) is 7.05 Å². The third-order valence-electron chi connectivity index (χ3n) is 5.89. The summed E-state index contributed by atoms with van der Waals surface area (Å²) in [7, 11) is 1.69. The van der Waals surface area contributed by atoms with Gasteiger partial charge in [-0.1, -0.05) is 30.3 Å². The molecule has 0 atom stereocenters. The van der Waals surface area contributed by atoms with Crippen LogP contribution in [0.4, 0.5) is 13.2 Å². The van der Waals surface area contributed by atoms with Gasteiger partial charge >= 0.3 is 12.1 Å². The highest BCUT2D eigenvalue weighted by Gasteiger charge is 2.54. The van der Waals surface area contributed by atoms with Gasteiger partial charge in [0, 0.05) is 17.6 Å². The molecule has 4 aromatic rings. The minimum atomic E-state index is -5.03. The Kier molecular flexibility index (Phi) is 5.30. The Balaban J connectivity index is 1.34. The van der Waals surface area contributed by atoms with Crippen LogP contribution in [0.25, 0.3) is 28.1 Å². The fraction of sp³-hybridized carbons (Fsp3) is 0.261. The average Bonchev–Trinajstić information content (AvgIpc) is 3.31. The first-order valence-corrected chi connectivity index (χ1v) is 10.8. The van der Waals surface area contributed by atoms with Crippen molar-refractivity contribution in [1.29, 1.82) is 0 Å². The molecule has 2 aromatic carbocycles. The van der Waals surface area contributed by atoms with Crippen LogP contribution in [0.5, 0.6) is 0 Å². The van der Waals surface area contributed by atoms with Gasteiger partial charge in [-0.25, -0.2) is 0 Å². The van der Waals surface area contributed by atoms with E-state index in [2.05, 4.69) is 20.7 Å². The molecule has 0 radical (unpaired) electrons. The smallest absolute Gasteiger partial charge is 0.350 e. The van der Waals surface area contributed by atoms with Crippen LogP contribution in [0.1, 0.15) is 18.4 Å². The van der Waals surface area contributed by atoms with Gasteiger partial charge in [-0.15, -0.1) is 10.2 Å². The molecule has 1 aliphatic rings. The van der Waals surface area contributed by atoms with Crippen LogP contribution in [-0.4, -0.2) is 48.3 Å². The van der Waals surface area contributed by atoms with E-state index >= 15 is 0 Å². The maximum absolute atomic E-state index is 12.6. The van der Waals surface area contributed by atoms with Crippen molar-refractivity contribution < 1.29 is 22.8 Å². The zero-order valence-corrected chi connectivity index (χ0v) is 18.5. The highest BCUT2D eigenvalue weighted by Crippen LogP contribution is 2.37. The Hall–Kier alpha value is -4.22. The second-order valence-corrected chi connectivity index (χ2v) is 8.41. The topological polar surface area (TPSA) is 107 Å². The summed E-state index contributed by atoms with van der Waals surface area (Å²) in [6.45, 7) is 0.105. The third-order valence-corrected chi connectivity index (χ3v) is 5.89. The van der Waals surface area contributed by atoms with Crippen LogP contribution in [0.2, 0.25) is 0 Å². The molecule has 180 valence electrons. The van der Waals surface area contributed by atoms with Crippen LogP contribution in [-0.2, 0) is 23.2 Å². The molecule has 1 aliphatic carbocycles. The number of halogens is 3. The number of hydrogen-bond acceptors (Lipinski definition) is 5. The molecule has 0 unspecified atom stereocenters. The fourth-order valence-corrected chi connectivity index (χ4v) is 3.92. The number of benzene rings is 2. The highest BCUT2D eigenvalue weighted by molar-refractivity contribution is 5.95. The SMILES string of the molecule is Cn1nnc(-c2cc3ccccc3n2-c2ccc(CNC(=O)C3(NC(=O)C(F)(F)F)CC3)cc2)n1. The molecule has 1 fully saturated rings. The molecule has 2 heterocycles. The molecule has 35 heavy (non-hydrogen) atoms. The molecule has 12 heteroatoms. The van der Waals surface area contributed by atoms with Gasteiger partial charge in [0.05, 0.1) is 18.3 Å². The van der Waals surface area contributed by atoms with Crippen molar-refractivity contribution in [3.63, 3.8) is 0 Å². The van der Waals surface area contributed by atoms with Gasteiger partial charge in [0.1, 0.15) is 5.54 Å². The predicted molar refractivity (Wildman–Crippen MR) is 119 cm³/mol. The molecule has 0 spiro atoms. The number of nitrogens with one attached hydrogen (secondary N) is 2. The summed E-state index contributed by atoms with van der Waals surface area (Å²) in [6.07, 6.45) is -4.70. The first-order chi connectivity index (χ1) is 16.7. The Morgan fingerprint density at radius 3 is 2.43 bits per heavy atom. The van der Waals surface area contributed by atoms with E-state index in [-0.39, 0.29) is 19.4 Å². The number of carbonyl (C=O) groups excluding carboxylic acids is 2. The molecule has 2 amide bonds. The van der Waals surface area contributed by atoms with E-state index in [4.69, 9.17) is 0 Å². The van der Waals surface area contributed by atoms with Crippen LogP contribution in [0.3, 0.4) is 0 Å². The number of fused-ring (bicyclic) bond motifs is 1. The number of tetrazole rings is 1. The van der Waals surface area contributed by atoms with Gasteiger partial charge in [-0.05, 0) is 47.9 Å². The van der Waals surface area contributed by atoms with Crippen molar-refractivity contribution in [2.75, 3.05) is 0 Å². The Morgan fingerprint density at radius 1 is 1.09 bits per heavy atom. The maximum Gasteiger partial charge on any atom is 0.471 e. The number of amides is 2. The molecule has 0 aliphatic heterocycles. The van der Waals surface area contributed by atoms with Gasteiger partial charge in [-0.2, -0.15) is 18.0 Å². The van der Waals surface area contributed by atoms with Crippen molar-refractivity contribution in [1.82, 2.24) is 35.4 Å². The second kappa shape index (κ2) is 8.22. The molecule has 5 rings (SSSR count). The van der Waals surface area contributed by atoms with E-state index in [1.807, 2.05) is 64.5 Å². The predicted octanol–water partition coefficient (Wildman–Crippen LogP) is 2.65. The number of rotatable bonds is 6. The number of aryl methyl sites for hydroxylation is 1. The molecule has 2 N–H and O–H groups in total. The number of aromatic nitrogens is 5. The van der Waals surface area contributed by atoms with Crippen LogP contribution >= 0.6 is 0 Å². The molecule has 2 aromatic heterocycles. The van der Waals surface area contributed by atoms with E-state index in [1.165, 1.54) is 4.80 Å². The lowest BCUT2D eigenvalue weighted by Gasteiger charge is -2.18. The standard InChI is InChI=1S/C23H20F3N7O2/c1-32-30-19(29-31-32)18-12-15-4-2-3-5-17(15)33(18)16-8-6-14(7-9-16)13-27-20(34)22(10-11-22)28-21(35)23(24,25)26/h2-9,12H,10-11,13H2,1H3,(H,27,34)(H,28,35). The summed E-state index contributed by atoms with van der Waals surface area (Å²) >= 11 is 0. The quantitative estimate of drug-likeness (QED) is 0.439. The lowest BCUT2D eigenvalue weighted by molar-refractivity contribution is -0.175. The van der Waals surface area contributed by atoms with Crippen LogP contribution in [0.15, 0.2) is 54.6 Å². The van der Waals surface area contributed by atoms with Crippen molar-refractivity contribution in [2.45, 2.75) is 31.1 Å². The summed E-state index contributed by atoms with van der Waals surface area (Å²) in [5.74, 6) is -2.27. The fourth-order valence-electron chi connectivity index (χ4n) is 3.92. The zero-order valence-electron chi connectivity index (χ0n) is 18.5. The summed E-state index contributed by atoms with van der Waals surface area (Å²) in [4.78, 5) is 25.1. The van der Waals surface area contributed by atoms with Crippen LogP contribution < -0.4 is 10.6 Å². The van der Waals surface area contributed by atoms with Gasteiger partial charge in [0.15, 0.2) is 0 Å². The minimum Gasteiger partial charge on any atom is -0.350 e. The number of carbonyl (C=O) groups is 2. The highest BCUT2D eigenvalue weighted by atomic mass is 19.4. The second-order valence-electron chi connectivity index (χ2n) is 8.41. The molecular weight excluding hydrogens is 463 g/mol. The number of para-hydroxylation sites is 1. The van der Waals surface area contributed by atoms with Crippen molar-refractivity contribution in [3.8, 4) is 17.2 Å². The van der Waals surface area contributed by atoms with E-state index in [9.17, 15) is 22.8 Å². The maximum atomic E-state index is 12.6. The van der Waals surface area contributed by atoms with E-state index in [0.29, 0.717) is 5.82 Å². The van der Waals surface area contributed by atoms with Crippen molar-refractivity contribution in [2.24, 2.45) is 7.05 Å². The number of hydrogen-bond donors (Lipinski definition) is 2. The van der Waals surface area contributed by atoms with Gasteiger partial charge in [0.2, 0.25) is 11.7 Å². The Morgan fingerprint density at radius 2 is 1.80 bits per heavy atom. The van der Waals surface area contributed by atoms with E-state index in [0.717, 1.165) is 27.8 Å². The van der Waals surface area contributed by atoms with Crippen molar-refractivity contribution in [3.05, 3.63) is 60.2 Å². The molecule has 1 saturated carbocycles. The largest absolute Gasteiger partial charge is 0.471 e. The average molecular weight is 483 g/mol. The summed E-state index contributed by atoms with van der Waals surface area (Å²) in [5, 5.41) is 17.8. The van der Waals surface area contributed by atoms with Gasteiger partial charge in [-0.3, -0.25) is 9.59 Å². The summed E-state index contributed by atoms with van der Waals surface area (Å²) < 4.78 is 39.7. The number of nitrogens with zero attached hydrogens (tertiary/aromatic N) is 5. The molecule has 0 saturated heterocycles. The monoisotopic (exact) mass is 483 g/mol. The van der Waals surface area contributed by atoms with Gasteiger partial charge < -0.3 is 15.2 Å². The lowest BCUT2D eigenvalue weighted by Crippen LogP contribution is -2.52. The first-order valence-electron chi connectivity index (χ1n) is 10.8. The third kappa shape index (κ3) is 4.34. The summed E-state index contributed by atoms with van der Waals surface area (Å²) in [6, 6.07) is 17.2. The summed E-state index contributed by atoms with van der Waals surface area (Å²) in [5.41, 5.74) is 1.80. The van der Waals surface area contributed by atoms with Gasteiger partial charge in [0.25, 0.3) is 0 Å². The molecule has 0 bridgehead atoms. The van der Waals surface area contributed by atoms with Crippen molar-refractivity contribution >= 4 is 22.7 Å². The van der Waals surface area contributed by atoms with E-state index < -0.39 is 23.5 Å². The van der Waals surface area contributed by atoms with Crippen LogP contribution in [0, 0.1) is 0 Å². The lowest BCUT2D eigenvalue weighted by atomic mass is 10.1. The minimum absolute atomic E-state index is 0.105. The molecular formula is C23H20F3N7O2.